The van der Waals surface area contributed by atoms with Crippen LogP contribution in [-0.4, -0.2) is 23.0 Å². The lowest BCUT2D eigenvalue weighted by Crippen LogP contribution is -2.42. The van der Waals surface area contributed by atoms with Crippen molar-refractivity contribution in [1.82, 2.24) is 5.32 Å². The van der Waals surface area contributed by atoms with Gasteiger partial charge >= 0.3 is 5.97 Å². The predicted octanol–water partition coefficient (Wildman–Crippen LogP) is 4.77. The minimum Gasteiger partial charge on any atom is -0.489 e. The van der Waals surface area contributed by atoms with Crippen LogP contribution in [0.5, 0.6) is 5.75 Å². The average molecular weight is 482 g/mol. The molecule has 2 N–H and O–H groups in total. The van der Waals surface area contributed by atoms with Crippen LogP contribution in [0.25, 0.3) is 0 Å². The van der Waals surface area contributed by atoms with Gasteiger partial charge in [0.2, 0.25) is 5.91 Å². The quantitative estimate of drug-likeness (QED) is 0.437. The number of aliphatic carboxylic acids is 1. The van der Waals surface area contributed by atoms with Crippen LogP contribution in [0, 0.1) is 0 Å². The molecule has 0 spiro atoms. The van der Waals surface area contributed by atoms with E-state index in [1.807, 2.05) is 78.9 Å². The zero-order valence-corrected chi connectivity index (χ0v) is 18.5. The van der Waals surface area contributed by atoms with E-state index < -0.39 is 12.0 Å². The molecule has 6 heteroatoms. The molecule has 5 nitrogen and oxygen atoms in total. The van der Waals surface area contributed by atoms with Gasteiger partial charge in [0.25, 0.3) is 0 Å². The first-order chi connectivity index (χ1) is 15.0. The number of carbonyl (C=O) groups excluding carboxylic acids is 1. The maximum Gasteiger partial charge on any atom is 0.326 e. The molecule has 1 amide bonds. The van der Waals surface area contributed by atoms with E-state index in [2.05, 4.69) is 21.2 Å². The number of aryl methyl sites for hydroxylation is 1. The van der Waals surface area contributed by atoms with Crippen molar-refractivity contribution >= 4 is 27.8 Å². The Labute approximate surface area is 190 Å². The van der Waals surface area contributed by atoms with Crippen LogP contribution < -0.4 is 10.1 Å². The average Bonchev–Trinajstić information content (AvgIpc) is 2.78. The van der Waals surface area contributed by atoms with Crippen molar-refractivity contribution in [3.63, 3.8) is 0 Å². The number of hydrogen-bond acceptors (Lipinski definition) is 3. The third kappa shape index (κ3) is 7.57. The van der Waals surface area contributed by atoms with Crippen LogP contribution in [0.15, 0.2) is 83.3 Å². The SMILES string of the molecule is O=C(CCc1ccc(Br)cc1)NC(Cc1ccc(OCc2ccccc2)cc1)C(=O)O. The maximum atomic E-state index is 12.3. The number of carboxylic acids is 1. The second kappa shape index (κ2) is 11.3. The van der Waals surface area contributed by atoms with Gasteiger partial charge in [-0.15, -0.1) is 0 Å². The van der Waals surface area contributed by atoms with Gasteiger partial charge in [0, 0.05) is 17.3 Å². The van der Waals surface area contributed by atoms with Gasteiger partial charge < -0.3 is 15.2 Å². The molecule has 160 valence electrons. The number of carbonyl (C=O) groups is 2. The Bertz CT molecular complexity index is 988. The van der Waals surface area contributed by atoms with E-state index in [1.165, 1.54) is 0 Å². The van der Waals surface area contributed by atoms with Gasteiger partial charge in [0.15, 0.2) is 0 Å². The highest BCUT2D eigenvalue weighted by Crippen LogP contribution is 2.16. The monoisotopic (exact) mass is 481 g/mol. The van der Waals surface area contributed by atoms with Crippen molar-refractivity contribution in [1.29, 1.82) is 0 Å². The highest BCUT2D eigenvalue weighted by Gasteiger charge is 2.20. The summed E-state index contributed by atoms with van der Waals surface area (Å²) >= 11 is 3.38. The molecular formula is C25H24BrNO4. The molecule has 0 saturated carbocycles. The van der Waals surface area contributed by atoms with Gasteiger partial charge in [-0.1, -0.05) is 70.5 Å². The number of amides is 1. The first-order valence-electron chi connectivity index (χ1n) is 10.0. The fourth-order valence-corrected chi connectivity index (χ4v) is 3.34. The molecule has 0 bridgehead atoms. The molecule has 1 atom stereocenters. The lowest BCUT2D eigenvalue weighted by molar-refractivity contribution is -0.141. The van der Waals surface area contributed by atoms with Crippen molar-refractivity contribution in [3.05, 3.63) is 100 Å². The van der Waals surface area contributed by atoms with Crippen molar-refractivity contribution in [2.24, 2.45) is 0 Å². The summed E-state index contributed by atoms with van der Waals surface area (Å²) in [6.45, 7) is 0.465. The summed E-state index contributed by atoms with van der Waals surface area (Å²) in [6, 6.07) is 23.9. The van der Waals surface area contributed by atoms with Crippen molar-refractivity contribution in [3.8, 4) is 5.75 Å². The molecule has 0 radical (unpaired) electrons. The molecule has 0 heterocycles. The third-order valence-electron chi connectivity index (χ3n) is 4.80. The van der Waals surface area contributed by atoms with Crippen LogP contribution in [0.2, 0.25) is 0 Å². The van der Waals surface area contributed by atoms with Gasteiger partial charge in [0.05, 0.1) is 0 Å². The van der Waals surface area contributed by atoms with E-state index >= 15 is 0 Å². The number of rotatable bonds is 10. The second-order valence-corrected chi connectivity index (χ2v) is 8.12. The Hall–Kier alpha value is -3.12. The summed E-state index contributed by atoms with van der Waals surface area (Å²) in [7, 11) is 0. The lowest BCUT2D eigenvalue weighted by atomic mass is 10.0. The fourth-order valence-electron chi connectivity index (χ4n) is 3.07. The molecule has 31 heavy (non-hydrogen) atoms. The Kier molecular flexibility index (Phi) is 8.24. The molecule has 0 aliphatic heterocycles. The molecule has 1 unspecified atom stereocenters. The van der Waals surface area contributed by atoms with Gasteiger partial charge in [-0.05, 0) is 47.4 Å². The molecule has 0 saturated heterocycles. The number of ether oxygens (including phenoxy) is 1. The molecule has 3 rings (SSSR count). The molecule has 0 fully saturated rings. The normalized spacial score (nSPS) is 11.5. The molecule has 3 aromatic carbocycles. The van der Waals surface area contributed by atoms with Crippen LogP contribution >= 0.6 is 15.9 Å². The van der Waals surface area contributed by atoms with Gasteiger partial charge in [-0.3, -0.25) is 4.79 Å². The highest BCUT2D eigenvalue weighted by molar-refractivity contribution is 9.10. The van der Waals surface area contributed by atoms with Gasteiger partial charge in [-0.2, -0.15) is 0 Å². The Morgan fingerprint density at radius 3 is 2.16 bits per heavy atom. The number of benzene rings is 3. The topological polar surface area (TPSA) is 75.6 Å². The van der Waals surface area contributed by atoms with Crippen LogP contribution in [-0.2, 0) is 29.0 Å². The Morgan fingerprint density at radius 1 is 0.871 bits per heavy atom. The molecule has 0 aliphatic carbocycles. The van der Waals surface area contributed by atoms with Crippen LogP contribution in [0.3, 0.4) is 0 Å². The Morgan fingerprint density at radius 2 is 1.52 bits per heavy atom. The summed E-state index contributed by atoms with van der Waals surface area (Å²) in [4.78, 5) is 23.9. The van der Waals surface area contributed by atoms with E-state index in [9.17, 15) is 14.7 Å². The number of nitrogens with one attached hydrogen (secondary N) is 1. The summed E-state index contributed by atoms with van der Waals surface area (Å²) in [5, 5.41) is 12.1. The van der Waals surface area contributed by atoms with Gasteiger partial charge in [0.1, 0.15) is 18.4 Å². The van der Waals surface area contributed by atoms with Crippen molar-refractivity contribution < 1.29 is 19.4 Å². The molecule has 0 aromatic heterocycles. The van der Waals surface area contributed by atoms with Crippen LogP contribution in [0.1, 0.15) is 23.1 Å². The van der Waals surface area contributed by atoms with Crippen LogP contribution in [0.4, 0.5) is 0 Å². The largest absolute Gasteiger partial charge is 0.489 e. The lowest BCUT2D eigenvalue weighted by Gasteiger charge is -2.15. The summed E-state index contributed by atoms with van der Waals surface area (Å²) < 4.78 is 6.73. The molecular weight excluding hydrogens is 458 g/mol. The Balaban J connectivity index is 1.50. The summed E-state index contributed by atoms with van der Waals surface area (Å²) in [5.74, 6) is -0.627. The molecule has 3 aromatic rings. The first kappa shape index (κ1) is 22.6. The number of carboxylic acid groups (broad SMARTS) is 1. The highest BCUT2D eigenvalue weighted by atomic mass is 79.9. The second-order valence-electron chi connectivity index (χ2n) is 7.21. The van der Waals surface area contributed by atoms with E-state index in [0.29, 0.717) is 18.8 Å². The maximum absolute atomic E-state index is 12.3. The van der Waals surface area contributed by atoms with E-state index in [0.717, 1.165) is 21.2 Å². The zero-order valence-electron chi connectivity index (χ0n) is 17.0. The standard InChI is InChI=1S/C25H24BrNO4/c26-21-11-6-18(7-12-21)10-15-24(28)27-23(25(29)30)16-19-8-13-22(14-9-19)31-17-20-4-2-1-3-5-20/h1-9,11-14,23H,10,15-17H2,(H,27,28)(H,29,30). The van der Waals surface area contributed by atoms with E-state index in [-0.39, 0.29) is 18.7 Å². The van der Waals surface area contributed by atoms with E-state index in [1.54, 1.807) is 0 Å². The zero-order chi connectivity index (χ0) is 22.1. The third-order valence-corrected chi connectivity index (χ3v) is 5.33. The van der Waals surface area contributed by atoms with Crippen molar-refractivity contribution in [2.75, 3.05) is 0 Å². The summed E-state index contributed by atoms with van der Waals surface area (Å²) in [5.41, 5.74) is 2.91. The minimum absolute atomic E-state index is 0.207. The predicted molar refractivity (Wildman–Crippen MR) is 123 cm³/mol. The van der Waals surface area contributed by atoms with Gasteiger partial charge in [-0.25, -0.2) is 4.79 Å². The minimum atomic E-state index is -1.05. The van der Waals surface area contributed by atoms with Crippen molar-refractivity contribution in [2.45, 2.75) is 31.9 Å². The fraction of sp³-hybridized carbons (Fsp3) is 0.200. The summed E-state index contributed by atoms with van der Waals surface area (Å²) in [6.07, 6.45) is 0.995. The van der Waals surface area contributed by atoms with E-state index in [4.69, 9.17) is 4.74 Å². The molecule has 0 aliphatic rings. The number of hydrogen-bond donors (Lipinski definition) is 2. The number of halogens is 1. The first-order valence-corrected chi connectivity index (χ1v) is 10.8. The smallest absolute Gasteiger partial charge is 0.326 e.